The van der Waals surface area contributed by atoms with E-state index >= 15 is 0 Å². The summed E-state index contributed by atoms with van der Waals surface area (Å²) in [6, 6.07) is 6.06. The normalized spacial score (nSPS) is 28.5. The van der Waals surface area contributed by atoms with Gasteiger partial charge in [-0.15, -0.1) is 0 Å². The molecule has 3 aliphatic carbocycles. The molecule has 0 spiro atoms. The van der Waals surface area contributed by atoms with Crippen molar-refractivity contribution in [2.75, 3.05) is 13.0 Å². The lowest BCUT2D eigenvalue weighted by molar-refractivity contribution is -0.199. The van der Waals surface area contributed by atoms with Crippen molar-refractivity contribution < 1.29 is 38.0 Å². The van der Waals surface area contributed by atoms with E-state index in [4.69, 9.17) is 18.8 Å². The number of nitrogens with zero attached hydrogens (tertiary/aromatic N) is 2. The smallest absolute Gasteiger partial charge is 0.444 e. The van der Waals surface area contributed by atoms with Crippen LogP contribution >= 0.6 is 0 Å². The van der Waals surface area contributed by atoms with E-state index in [9.17, 15) is 19.2 Å². The van der Waals surface area contributed by atoms with Crippen LogP contribution in [0, 0.1) is 17.3 Å². The largest absolute Gasteiger partial charge is 0.478 e. The van der Waals surface area contributed by atoms with E-state index in [-0.39, 0.29) is 36.8 Å². The summed E-state index contributed by atoms with van der Waals surface area (Å²) in [7, 11) is -0.603. The minimum Gasteiger partial charge on any atom is -0.444 e. The molecule has 0 radical (unpaired) electrons. The van der Waals surface area contributed by atoms with Crippen LogP contribution in [0.4, 0.5) is 9.59 Å². The number of hydrogen-bond donors (Lipinski definition) is 2. The third kappa shape index (κ3) is 8.87. The first kappa shape index (κ1) is 40.4. The van der Waals surface area contributed by atoms with Crippen molar-refractivity contribution in [1.82, 2.24) is 20.4 Å². The highest BCUT2D eigenvalue weighted by Gasteiger charge is 2.67. The Bertz CT molecular complexity index is 1510. The first-order chi connectivity index (χ1) is 25.6. The maximum absolute atomic E-state index is 14.5. The molecular weight excluding hydrogens is 687 g/mol. The van der Waals surface area contributed by atoms with Crippen LogP contribution in [-0.4, -0.2) is 89.4 Å². The van der Waals surface area contributed by atoms with Crippen LogP contribution in [-0.2, 0) is 41.5 Å². The third-order valence-corrected chi connectivity index (χ3v) is 12.7. The monoisotopic (exact) mass is 750 g/mol. The molecule has 2 saturated heterocycles. The highest BCUT2D eigenvalue weighted by atomic mass is 16.7. The summed E-state index contributed by atoms with van der Waals surface area (Å²) in [5, 5.41) is 5.83. The molecule has 7 rings (SSSR count). The first-order valence-electron chi connectivity index (χ1n) is 20.5. The molecule has 5 fully saturated rings. The average molecular weight is 751 g/mol. The number of amides is 4. The molecular formula is C41H63BN4O8. The van der Waals surface area contributed by atoms with Crippen molar-refractivity contribution in [2.24, 2.45) is 17.3 Å². The zero-order valence-corrected chi connectivity index (χ0v) is 33.6. The Balaban J connectivity index is 1.13. The van der Waals surface area contributed by atoms with Gasteiger partial charge in [-0.3, -0.25) is 14.5 Å². The molecule has 54 heavy (non-hydrogen) atoms. The fourth-order valence-corrected chi connectivity index (χ4v) is 9.61. The topological polar surface area (TPSA) is 136 Å². The second kappa shape index (κ2) is 16.4. The van der Waals surface area contributed by atoms with E-state index in [1.54, 1.807) is 25.7 Å². The molecule has 13 heteroatoms. The predicted octanol–water partition coefficient (Wildman–Crippen LogP) is 6.53. The van der Waals surface area contributed by atoms with Gasteiger partial charge in [0.05, 0.1) is 24.7 Å². The Morgan fingerprint density at radius 2 is 1.63 bits per heavy atom. The molecule has 298 valence electrons. The fraction of sp³-hybridized carbons (Fsp3) is 0.756. The standard InChI is InChI=1S/C41H63BN4O8/c1-8-9-10-11-12-13-14-19-31(44-37(49)52-39(2,3)4)36(48)46-25-30(51-38(50)45-23-27-17-15-16-18-28(27)24-45)22-32(46)35(47)43-26-42-53-34-21-29-20-33(40(29,5)6)41(34,7)54-42/h15-18,29-34H,8-14,19-26H2,1-7H3,(H,43,47)(H,44,49)/t29?,30-,31+,32?,33?,34?,41?/m1/s1. The Morgan fingerprint density at radius 1 is 0.963 bits per heavy atom. The number of likely N-dealkylation sites (tertiary alicyclic amines) is 1. The molecule has 2 N–H and O–H groups in total. The van der Waals surface area contributed by atoms with Crippen LogP contribution in [0.15, 0.2) is 24.3 Å². The van der Waals surface area contributed by atoms with Crippen LogP contribution < -0.4 is 10.6 Å². The van der Waals surface area contributed by atoms with Gasteiger partial charge in [-0.1, -0.05) is 90.0 Å². The molecule has 1 aromatic rings. The van der Waals surface area contributed by atoms with Gasteiger partial charge >= 0.3 is 19.3 Å². The summed E-state index contributed by atoms with van der Waals surface area (Å²) in [6.07, 6.45) is 8.20. The summed E-state index contributed by atoms with van der Waals surface area (Å²) in [4.78, 5) is 58.1. The van der Waals surface area contributed by atoms with Crippen molar-refractivity contribution in [3.05, 3.63) is 35.4 Å². The molecule has 12 nitrogen and oxygen atoms in total. The summed E-state index contributed by atoms with van der Waals surface area (Å²) < 4.78 is 24.4. The Morgan fingerprint density at radius 3 is 2.28 bits per heavy atom. The number of nitrogens with one attached hydrogen (secondary N) is 2. The van der Waals surface area contributed by atoms with Gasteiger partial charge in [-0.05, 0) is 75.3 Å². The lowest BCUT2D eigenvalue weighted by Crippen LogP contribution is -2.65. The van der Waals surface area contributed by atoms with Crippen LogP contribution in [0.5, 0.6) is 0 Å². The second-order valence-electron chi connectivity index (χ2n) is 18.1. The number of alkyl carbamates (subject to hydrolysis) is 1. The van der Waals surface area contributed by atoms with Gasteiger partial charge in [0, 0.05) is 19.5 Å². The fourth-order valence-electron chi connectivity index (χ4n) is 9.61. The van der Waals surface area contributed by atoms with E-state index in [1.165, 1.54) is 24.2 Å². The predicted molar refractivity (Wildman–Crippen MR) is 205 cm³/mol. The Labute approximate surface area is 322 Å². The maximum atomic E-state index is 14.5. The highest BCUT2D eigenvalue weighted by Crippen LogP contribution is 2.65. The molecule has 6 aliphatic rings. The number of ether oxygens (including phenoxy) is 2. The van der Waals surface area contributed by atoms with Crippen LogP contribution in [0.3, 0.4) is 0 Å². The second-order valence-corrected chi connectivity index (χ2v) is 18.1. The number of hydrogen-bond acceptors (Lipinski definition) is 8. The third-order valence-electron chi connectivity index (χ3n) is 12.7. The zero-order valence-electron chi connectivity index (χ0n) is 33.6. The van der Waals surface area contributed by atoms with Gasteiger partial charge in [0.2, 0.25) is 11.8 Å². The molecule has 3 saturated carbocycles. The Kier molecular flexibility index (Phi) is 12.3. The average Bonchev–Trinajstić information content (AvgIpc) is 3.83. The molecule has 0 aromatic heterocycles. The molecule has 2 bridgehead atoms. The zero-order chi connectivity index (χ0) is 38.8. The molecule has 4 amide bonds. The van der Waals surface area contributed by atoms with Gasteiger partial charge in [-0.25, -0.2) is 9.59 Å². The van der Waals surface area contributed by atoms with Gasteiger partial charge in [-0.2, -0.15) is 0 Å². The van der Waals surface area contributed by atoms with Crippen molar-refractivity contribution in [3.8, 4) is 0 Å². The minimum atomic E-state index is -0.922. The van der Waals surface area contributed by atoms with Crippen molar-refractivity contribution in [2.45, 2.75) is 168 Å². The highest BCUT2D eigenvalue weighted by molar-refractivity contribution is 6.46. The summed E-state index contributed by atoms with van der Waals surface area (Å²) in [5.41, 5.74) is 1.18. The van der Waals surface area contributed by atoms with Crippen LogP contribution in [0.2, 0.25) is 0 Å². The van der Waals surface area contributed by atoms with Crippen LogP contribution in [0.1, 0.15) is 130 Å². The van der Waals surface area contributed by atoms with Gasteiger partial charge < -0.3 is 34.3 Å². The molecule has 3 heterocycles. The Hall–Kier alpha value is -3.32. The summed E-state index contributed by atoms with van der Waals surface area (Å²) in [5.74, 6) is 0.225. The van der Waals surface area contributed by atoms with E-state index in [2.05, 4.69) is 38.3 Å². The van der Waals surface area contributed by atoms with Gasteiger partial charge in [0.15, 0.2) is 0 Å². The van der Waals surface area contributed by atoms with E-state index in [1.807, 2.05) is 24.3 Å². The molecule has 7 atom stereocenters. The lowest BCUT2D eigenvalue weighted by Gasteiger charge is -2.64. The summed E-state index contributed by atoms with van der Waals surface area (Å²) in [6.45, 7) is 15.2. The lowest BCUT2D eigenvalue weighted by atomic mass is 9.43. The van der Waals surface area contributed by atoms with Crippen LogP contribution in [0.25, 0.3) is 0 Å². The SMILES string of the molecule is CCCCCCCCC[C@H](NC(=O)OC(C)(C)C)C(=O)N1C[C@H](OC(=O)N2Cc3ccccc3C2)CC1C(=O)NCB1OC2CC3CC(C3(C)C)C2(C)O1. The number of carbonyl (C=O) groups excluding carboxylic acids is 4. The van der Waals surface area contributed by atoms with Crippen molar-refractivity contribution in [3.63, 3.8) is 0 Å². The summed E-state index contributed by atoms with van der Waals surface area (Å²) >= 11 is 0. The molecule has 3 aliphatic heterocycles. The van der Waals surface area contributed by atoms with E-state index in [0.29, 0.717) is 31.3 Å². The molecule has 5 unspecified atom stereocenters. The van der Waals surface area contributed by atoms with E-state index < -0.39 is 54.6 Å². The first-order valence-corrected chi connectivity index (χ1v) is 20.5. The number of fused-ring (bicyclic) bond motifs is 1. The minimum absolute atomic E-state index is 0.0208. The molecule has 1 aromatic carbocycles. The van der Waals surface area contributed by atoms with E-state index in [0.717, 1.165) is 49.7 Å². The number of rotatable bonds is 14. The number of unbranched alkanes of at least 4 members (excludes halogenated alkanes) is 6. The maximum Gasteiger partial charge on any atom is 0.478 e. The quantitative estimate of drug-likeness (QED) is 0.162. The number of carbonyl (C=O) groups is 4. The number of benzene rings is 1. The van der Waals surface area contributed by atoms with Crippen molar-refractivity contribution >= 4 is 31.1 Å². The van der Waals surface area contributed by atoms with Gasteiger partial charge in [0.25, 0.3) is 0 Å². The van der Waals surface area contributed by atoms with Crippen molar-refractivity contribution in [1.29, 1.82) is 0 Å². The van der Waals surface area contributed by atoms with Gasteiger partial charge in [0.1, 0.15) is 23.8 Å².